The average molecular weight is 248 g/mol. The number of rotatable bonds is 4. The van der Waals surface area contributed by atoms with E-state index in [1.807, 2.05) is 0 Å². The van der Waals surface area contributed by atoms with E-state index in [1.54, 1.807) is 6.92 Å². The van der Waals surface area contributed by atoms with Crippen LogP contribution in [0.2, 0.25) is 0 Å². The molecule has 2 aromatic rings. The van der Waals surface area contributed by atoms with Crippen LogP contribution >= 0.6 is 0 Å². The van der Waals surface area contributed by atoms with Gasteiger partial charge in [0.05, 0.1) is 18.4 Å². The number of carbonyl (C=O) groups is 1. The second-order valence-electron chi connectivity index (χ2n) is 3.50. The number of carbonyl (C=O) groups excluding carboxylic acids is 1. The van der Waals surface area contributed by atoms with Crippen LogP contribution in [0.3, 0.4) is 0 Å². The molecule has 5 N–H and O–H groups in total. The average Bonchev–Trinajstić information content (AvgIpc) is 2.92. The van der Waals surface area contributed by atoms with Crippen LogP contribution in [0.1, 0.15) is 29.3 Å². The van der Waals surface area contributed by atoms with Crippen LogP contribution in [-0.4, -0.2) is 31.1 Å². The van der Waals surface area contributed by atoms with Gasteiger partial charge in [0.15, 0.2) is 5.82 Å². The second-order valence-corrected chi connectivity index (χ2v) is 3.50. The van der Waals surface area contributed by atoms with Crippen molar-refractivity contribution in [1.82, 2.24) is 30.5 Å². The van der Waals surface area contributed by atoms with Crippen molar-refractivity contribution in [2.45, 2.75) is 13.0 Å². The number of hydrazine groups is 1. The van der Waals surface area contributed by atoms with E-state index < -0.39 is 0 Å². The molecule has 0 aromatic carbocycles. The van der Waals surface area contributed by atoms with Crippen LogP contribution in [-0.2, 0) is 0 Å². The van der Waals surface area contributed by atoms with Crippen molar-refractivity contribution in [3.05, 3.63) is 30.2 Å². The van der Waals surface area contributed by atoms with Gasteiger partial charge in [-0.05, 0) is 6.92 Å². The number of nitrogens with two attached hydrogens (primary N) is 1. The van der Waals surface area contributed by atoms with Gasteiger partial charge < -0.3 is 10.7 Å². The number of nitrogens with zero attached hydrogens (tertiary/aromatic N) is 4. The molecule has 9 nitrogen and oxygen atoms in total. The minimum atomic E-state index is -0.372. The van der Waals surface area contributed by atoms with Gasteiger partial charge in [-0.1, -0.05) is 0 Å². The lowest BCUT2D eigenvalue weighted by atomic mass is 10.3. The zero-order valence-corrected chi connectivity index (χ0v) is 9.58. The number of amides is 1. The molecule has 0 saturated carbocycles. The van der Waals surface area contributed by atoms with Crippen molar-refractivity contribution >= 4 is 11.7 Å². The highest BCUT2D eigenvalue weighted by Gasteiger charge is 2.15. The SMILES string of the molecule is CC(NC(=O)c1cncc(NN)n1)c1ncn[nH]1. The van der Waals surface area contributed by atoms with E-state index in [2.05, 4.69) is 35.9 Å². The standard InChI is InChI=1S/C9H12N8O/c1-5(8-12-4-13-17-8)14-9(18)6-2-11-3-7(15-6)16-10/h2-5H,10H2,1H3,(H,14,18)(H,15,16)(H,12,13,17). The Balaban J connectivity index is 2.07. The fourth-order valence-corrected chi connectivity index (χ4v) is 1.31. The quantitative estimate of drug-likeness (QED) is 0.418. The van der Waals surface area contributed by atoms with Gasteiger partial charge >= 0.3 is 0 Å². The number of aromatic nitrogens is 5. The number of aromatic amines is 1. The van der Waals surface area contributed by atoms with Crippen molar-refractivity contribution in [2.75, 3.05) is 5.43 Å². The summed E-state index contributed by atoms with van der Waals surface area (Å²) in [6, 6.07) is -0.309. The molecule has 0 spiro atoms. The van der Waals surface area contributed by atoms with Gasteiger partial charge in [0.25, 0.3) is 5.91 Å². The van der Waals surface area contributed by atoms with Crippen molar-refractivity contribution in [1.29, 1.82) is 0 Å². The Morgan fingerprint density at radius 1 is 1.50 bits per heavy atom. The zero-order chi connectivity index (χ0) is 13.0. The summed E-state index contributed by atoms with van der Waals surface area (Å²) in [4.78, 5) is 23.6. The van der Waals surface area contributed by atoms with Crippen molar-refractivity contribution in [3.8, 4) is 0 Å². The summed E-state index contributed by atoms with van der Waals surface area (Å²) in [7, 11) is 0. The third-order valence-corrected chi connectivity index (χ3v) is 2.21. The first kappa shape index (κ1) is 11.9. The Morgan fingerprint density at radius 3 is 3.00 bits per heavy atom. The summed E-state index contributed by atoms with van der Waals surface area (Å²) in [5.41, 5.74) is 2.48. The summed E-state index contributed by atoms with van der Waals surface area (Å²) >= 11 is 0. The minimum absolute atomic E-state index is 0.164. The van der Waals surface area contributed by atoms with Gasteiger partial charge in [-0.25, -0.2) is 15.8 Å². The van der Waals surface area contributed by atoms with E-state index in [0.717, 1.165) is 0 Å². The first-order chi connectivity index (χ1) is 8.70. The maximum Gasteiger partial charge on any atom is 0.272 e. The van der Waals surface area contributed by atoms with Gasteiger partial charge in [0.2, 0.25) is 0 Å². The highest BCUT2D eigenvalue weighted by atomic mass is 16.2. The van der Waals surface area contributed by atoms with Gasteiger partial charge in [0, 0.05) is 0 Å². The topological polar surface area (TPSA) is 134 Å². The van der Waals surface area contributed by atoms with Gasteiger partial charge in [-0.3, -0.25) is 14.9 Å². The maximum absolute atomic E-state index is 11.9. The summed E-state index contributed by atoms with van der Waals surface area (Å²) < 4.78 is 0. The molecule has 0 fully saturated rings. The molecular weight excluding hydrogens is 236 g/mol. The van der Waals surface area contributed by atoms with E-state index in [0.29, 0.717) is 11.6 Å². The van der Waals surface area contributed by atoms with Crippen LogP contribution in [0, 0.1) is 0 Å². The molecular formula is C9H12N8O. The lowest BCUT2D eigenvalue weighted by Crippen LogP contribution is -2.28. The Hall–Kier alpha value is -2.55. The molecule has 0 bridgehead atoms. The van der Waals surface area contributed by atoms with Crippen molar-refractivity contribution in [3.63, 3.8) is 0 Å². The lowest BCUT2D eigenvalue weighted by molar-refractivity contribution is 0.0933. The molecule has 0 saturated heterocycles. The number of H-pyrrole nitrogens is 1. The first-order valence-electron chi connectivity index (χ1n) is 5.15. The van der Waals surface area contributed by atoms with Gasteiger partial charge in [-0.15, -0.1) is 0 Å². The molecule has 0 aliphatic rings. The number of nitrogen functional groups attached to an aromatic ring is 1. The number of hydrogen-bond donors (Lipinski definition) is 4. The number of nitrogens with one attached hydrogen (secondary N) is 3. The second kappa shape index (κ2) is 5.19. The van der Waals surface area contributed by atoms with Crippen LogP contribution in [0.5, 0.6) is 0 Å². The van der Waals surface area contributed by atoms with E-state index in [1.165, 1.54) is 18.7 Å². The van der Waals surface area contributed by atoms with Crippen molar-refractivity contribution in [2.24, 2.45) is 5.84 Å². The normalized spacial score (nSPS) is 11.9. The first-order valence-corrected chi connectivity index (χ1v) is 5.15. The van der Waals surface area contributed by atoms with Gasteiger partial charge in [-0.2, -0.15) is 5.10 Å². The smallest absolute Gasteiger partial charge is 0.272 e. The summed E-state index contributed by atoms with van der Waals surface area (Å²) in [6.45, 7) is 1.77. The molecule has 0 aliphatic carbocycles. The molecule has 2 heterocycles. The Morgan fingerprint density at radius 2 is 2.33 bits per heavy atom. The third-order valence-electron chi connectivity index (χ3n) is 2.21. The third kappa shape index (κ3) is 2.58. The minimum Gasteiger partial charge on any atom is -0.341 e. The summed E-state index contributed by atoms with van der Waals surface area (Å²) in [5.74, 6) is 5.69. The largest absolute Gasteiger partial charge is 0.341 e. The molecule has 1 unspecified atom stereocenters. The highest BCUT2D eigenvalue weighted by molar-refractivity contribution is 5.92. The van der Waals surface area contributed by atoms with Crippen LogP contribution in [0.25, 0.3) is 0 Å². The molecule has 0 aliphatic heterocycles. The molecule has 2 rings (SSSR count). The Labute approximate surface area is 102 Å². The molecule has 94 valence electrons. The molecule has 1 atom stereocenters. The van der Waals surface area contributed by atoms with E-state index >= 15 is 0 Å². The van der Waals surface area contributed by atoms with Crippen molar-refractivity contribution < 1.29 is 4.79 Å². The molecule has 2 aromatic heterocycles. The zero-order valence-electron chi connectivity index (χ0n) is 9.58. The molecule has 18 heavy (non-hydrogen) atoms. The Kier molecular flexibility index (Phi) is 3.44. The maximum atomic E-state index is 11.9. The van der Waals surface area contributed by atoms with Crippen LogP contribution in [0.4, 0.5) is 5.82 Å². The van der Waals surface area contributed by atoms with Gasteiger partial charge in [0.1, 0.15) is 17.8 Å². The highest BCUT2D eigenvalue weighted by Crippen LogP contribution is 2.06. The fraction of sp³-hybridized carbons (Fsp3) is 0.222. The van der Waals surface area contributed by atoms with Crippen LogP contribution < -0.4 is 16.6 Å². The van der Waals surface area contributed by atoms with Crippen LogP contribution in [0.15, 0.2) is 18.7 Å². The molecule has 9 heteroatoms. The van der Waals surface area contributed by atoms with E-state index in [-0.39, 0.29) is 17.6 Å². The monoisotopic (exact) mass is 248 g/mol. The fourth-order valence-electron chi connectivity index (χ4n) is 1.31. The number of hydrogen-bond acceptors (Lipinski definition) is 7. The molecule has 0 radical (unpaired) electrons. The predicted octanol–water partition coefficient (Wildman–Crippen LogP) is -0.629. The number of anilines is 1. The Bertz CT molecular complexity index is 525. The lowest BCUT2D eigenvalue weighted by Gasteiger charge is -2.10. The predicted molar refractivity (Wildman–Crippen MR) is 62.1 cm³/mol. The van der Waals surface area contributed by atoms with E-state index in [4.69, 9.17) is 5.84 Å². The molecule has 1 amide bonds. The summed E-state index contributed by atoms with van der Waals surface area (Å²) in [6.07, 6.45) is 4.14. The van der Waals surface area contributed by atoms with E-state index in [9.17, 15) is 4.79 Å². The summed E-state index contributed by atoms with van der Waals surface area (Å²) in [5, 5.41) is 9.09.